The number of hydrogen-bond acceptors (Lipinski definition) is 2. The number of aliphatic hydroxyl groups excluding tert-OH is 1. The van der Waals surface area contributed by atoms with E-state index in [1.807, 2.05) is 13.0 Å². The Hall–Kier alpha value is -1.09. The van der Waals surface area contributed by atoms with Crippen LogP contribution < -0.4 is 9.72 Å². The van der Waals surface area contributed by atoms with Crippen LogP contribution >= 0.6 is 0 Å². The van der Waals surface area contributed by atoms with Gasteiger partial charge in [0.25, 0.3) is 0 Å². The first-order valence-corrected chi connectivity index (χ1v) is 3.44. The van der Waals surface area contributed by atoms with E-state index in [-0.39, 0.29) is 6.61 Å². The SMILES string of the molecule is COc1cc(C)[nH+]cc1CO. The maximum atomic E-state index is 8.84. The zero-order valence-corrected chi connectivity index (χ0v) is 6.72. The van der Waals surface area contributed by atoms with E-state index in [9.17, 15) is 0 Å². The van der Waals surface area contributed by atoms with Crippen LogP contribution in [-0.2, 0) is 6.61 Å². The van der Waals surface area contributed by atoms with Crippen LogP contribution in [0, 0.1) is 6.92 Å². The van der Waals surface area contributed by atoms with E-state index in [4.69, 9.17) is 9.84 Å². The summed E-state index contributed by atoms with van der Waals surface area (Å²) in [5.41, 5.74) is 1.79. The molecule has 2 N–H and O–H groups in total. The van der Waals surface area contributed by atoms with Gasteiger partial charge in [0.1, 0.15) is 5.75 Å². The molecular formula is C8H12NO2+. The van der Waals surface area contributed by atoms with Crippen LogP contribution in [0.15, 0.2) is 12.3 Å². The van der Waals surface area contributed by atoms with Crippen molar-refractivity contribution in [1.82, 2.24) is 0 Å². The summed E-state index contributed by atoms with van der Waals surface area (Å²) in [6.45, 7) is 1.93. The van der Waals surface area contributed by atoms with Gasteiger partial charge in [-0.25, -0.2) is 4.98 Å². The highest BCUT2D eigenvalue weighted by Gasteiger charge is 2.05. The highest BCUT2D eigenvalue weighted by molar-refractivity contribution is 5.29. The van der Waals surface area contributed by atoms with Crippen LogP contribution in [0.25, 0.3) is 0 Å². The highest BCUT2D eigenvalue weighted by Crippen LogP contribution is 2.15. The zero-order chi connectivity index (χ0) is 8.27. The summed E-state index contributed by atoms with van der Waals surface area (Å²) in [4.78, 5) is 2.99. The standard InChI is InChI=1S/C8H11NO2/c1-6-3-8(11-2)7(5-10)4-9-6/h3-4,10H,5H2,1-2H3/p+1. The molecule has 0 aliphatic rings. The minimum absolute atomic E-state index is 0.0000463. The van der Waals surface area contributed by atoms with Crippen molar-refractivity contribution in [3.63, 3.8) is 0 Å². The third-order valence-corrected chi connectivity index (χ3v) is 1.53. The third-order valence-electron chi connectivity index (χ3n) is 1.53. The molecule has 0 unspecified atom stereocenters. The minimum atomic E-state index is -0.0000463. The summed E-state index contributed by atoms with van der Waals surface area (Å²) in [5.74, 6) is 0.726. The molecule has 0 fully saturated rings. The van der Waals surface area contributed by atoms with Crippen LogP contribution in [0.2, 0.25) is 0 Å². The monoisotopic (exact) mass is 154 g/mol. The average molecular weight is 154 g/mol. The van der Waals surface area contributed by atoms with Crippen molar-refractivity contribution in [2.45, 2.75) is 13.5 Å². The largest absolute Gasteiger partial charge is 0.496 e. The Balaban J connectivity index is 3.06. The Morgan fingerprint density at radius 3 is 2.91 bits per heavy atom. The fourth-order valence-electron chi connectivity index (χ4n) is 0.917. The smallest absolute Gasteiger partial charge is 0.180 e. The lowest BCUT2D eigenvalue weighted by Crippen LogP contribution is -2.09. The van der Waals surface area contributed by atoms with Crippen LogP contribution in [0.3, 0.4) is 0 Å². The molecule has 0 aromatic carbocycles. The van der Waals surface area contributed by atoms with Gasteiger partial charge in [-0.05, 0) is 0 Å². The number of methoxy groups -OCH3 is 1. The summed E-state index contributed by atoms with van der Waals surface area (Å²) in [7, 11) is 1.59. The first-order chi connectivity index (χ1) is 5.27. The third kappa shape index (κ3) is 1.68. The molecule has 0 aliphatic heterocycles. The van der Waals surface area contributed by atoms with Gasteiger partial charge >= 0.3 is 0 Å². The molecule has 0 saturated carbocycles. The molecule has 0 spiro atoms. The molecule has 1 aromatic rings. The first-order valence-electron chi connectivity index (χ1n) is 3.44. The number of pyridine rings is 1. The van der Waals surface area contributed by atoms with Gasteiger partial charge in [0.05, 0.1) is 19.3 Å². The number of H-pyrrole nitrogens is 1. The fraction of sp³-hybridized carbons (Fsp3) is 0.375. The van der Waals surface area contributed by atoms with Crippen molar-refractivity contribution in [3.05, 3.63) is 23.5 Å². The summed E-state index contributed by atoms with van der Waals surface area (Å²) < 4.78 is 5.04. The van der Waals surface area contributed by atoms with Gasteiger partial charge in [0.15, 0.2) is 11.9 Å². The lowest BCUT2D eigenvalue weighted by Gasteiger charge is -2.01. The fourth-order valence-corrected chi connectivity index (χ4v) is 0.917. The number of nitrogens with one attached hydrogen (secondary N) is 1. The molecular weight excluding hydrogens is 142 g/mol. The lowest BCUT2D eigenvalue weighted by molar-refractivity contribution is -0.388. The Bertz CT molecular complexity index is 248. The highest BCUT2D eigenvalue weighted by atomic mass is 16.5. The lowest BCUT2D eigenvalue weighted by atomic mass is 10.2. The Morgan fingerprint density at radius 2 is 2.36 bits per heavy atom. The number of hydrogen-bond donors (Lipinski definition) is 1. The molecule has 3 heteroatoms. The molecule has 0 bridgehead atoms. The van der Waals surface area contributed by atoms with E-state index in [0.29, 0.717) is 0 Å². The maximum Gasteiger partial charge on any atom is 0.180 e. The Labute approximate surface area is 65.7 Å². The first kappa shape index (κ1) is 8.01. The van der Waals surface area contributed by atoms with E-state index in [1.54, 1.807) is 13.3 Å². The van der Waals surface area contributed by atoms with Crippen molar-refractivity contribution < 1.29 is 14.8 Å². The molecule has 1 heterocycles. The molecule has 0 saturated heterocycles. The van der Waals surface area contributed by atoms with Crippen LogP contribution in [-0.4, -0.2) is 12.2 Å². The van der Waals surface area contributed by atoms with E-state index in [1.165, 1.54) is 0 Å². The molecule has 60 valence electrons. The second-order valence-electron chi connectivity index (χ2n) is 2.37. The van der Waals surface area contributed by atoms with Gasteiger partial charge in [-0.3, -0.25) is 0 Å². The van der Waals surface area contributed by atoms with Crippen LogP contribution in [0.4, 0.5) is 0 Å². The van der Waals surface area contributed by atoms with Crippen molar-refractivity contribution in [2.24, 2.45) is 0 Å². The number of aryl methyl sites for hydroxylation is 1. The quantitative estimate of drug-likeness (QED) is 0.666. The Morgan fingerprint density at radius 1 is 1.64 bits per heavy atom. The van der Waals surface area contributed by atoms with E-state index >= 15 is 0 Å². The van der Waals surface area contributed by atoms with Crippen molar-refractivity contribution in [3.8, 4) is 5.75 Å². The van der Waals surface area contributed by atoms with Crippen molar-refractivity contribution in [2.75, 3.05) is 7.11 Å². The molecule has 0 aliphatic carbocycles. The molecule has 0 atom stereocenters. The van der Waals surface area contributed by atoms with Crippen LogP contribution in [0.5, 0.6) is 5.75 Å². The summed E-state index contributed by atoms with van der Waals surface area (Å²) >= 11 is 0. The second kappa shape index (κ2) is 3.34. The van der Waals surface area contributed by atoms with Gasteiger partial charge in [-0.15, -0.1) is 0 Å². The van der Waals surface area contributed by atoms with Gasteiger partial charge < -0.3 is 9.84 Å². The number of rotatable bonds is 2. The molecule has 1 rings (SSSR count). The molecule has 3 nitrogen and oxygen atoms in total. The molecule has 1 aromatic heterocycles. The van der Waals surface area contributed by atoms with Gasteiger partial charge in [0.2, 0.25) is 0 Å². The van der Waals surface area contributed by atoms with Crippen molar-refractivity contribution >= 4 is 0 Å². The second-order valence-corrected chi connectivity index (χ2v) is 2.37. The van der Waals surface area contributed by atoms with Gasteiger partial charge in [-0.1, -0.05) is 0 Å². The van der Waals surface area contributed by atoms with E-state index < -0.39 is 0 Å². The molecule has 11 heavy (non-hydrogen) atoms. The zero-order valence-electron chi connectivity index (χ0n) is 6.72. The number of aromatic amines is 1. The normalized spacial score (nSPS) is 9.73. The van der Waals surface area contributed by atoms with Gasteiger partial charge in [0, 0.05) is 13.0 Å². The molecule has 0 radical (unpaired) electrons. The summed E-state index contributed by atoms with van der Waals surface area (Å²) in [5, 5.41) is 8.84. The number of ether oxygens (including phenoxy) is 1. The topological polar surface area (TPSA) is 43.6 Å². The van der Waals surface area contributed by atoms with E-state index in [0.717, 1.165) is 17.0 Å². The minimum Gasteiger partial charge on any atom is -0.496 e. The number of aromatic nitrogens is 1. The average Bonchev–Trinajstić information content (AvgIpc) is 2.04. The van der Waals surface area contributed by atoms with Gasteiger partial charge in [-0.2, -0.15) is 0 Å². The predicted octanol–water partition coefficient (Wildman–Crippen LogP) is 0.310. The Kier molecular flexibility index (Phi) is 2.44. The maximum absolute atomic E-state index is 8.84. The summed E-state index contributed by atoms with van der Waals surface area (Å²) in [6.07, 6.45) is 1.74. The molecule has 0 amide bonds. The van der Waals surface area contributed by atoms with E-state index in [2.05, 4.69) is 4.98 Å². The van der Waals surface area contributed by atoms with Crippen LogP contribution in [0.1, 0.15) is 11.3 Å². The summed E-state index contributed by atoms with van der Waals surface area (Å²) in [6, 6.07) is 1.85. The van der Waals surface area contributed by atoms with Crippen molar-refractivity contribution in [1.29, 1.82) is 0 Å². The predicted molar refractivity (Wildman–Crippen MR) is 40.2 cm³/mol. The number of aliphatic hydroxyl groups is 1.